The molecule has 376 valence electrons. The highest BCUT2D eigenvalue weighted by Gasteiger charge is 2.24. The Balaban J connectivity index is 3.10. The van der Waals surface area contributed by atoms with E-state index in [9.17, 15) is 9.59 Å². The van der Waals surface area contributed by atoms with Crippen LogP contribution in [0.25, 0.3) is 0 Å². The Hall–Kier alpha value is -1.06. The number of aliphatic carboxylic acids is 2. The van der Waals surface area contributed by atoms with Crippen molar-refractivity contribution in [3.8, 4) is 0 Å². The van der Waals surface area contributed by atoms with Gasteiger partial charge in [-0.2, -0.15) is 0 Å². The highest BCUT2D eigenvalue weighted by molar-refractivity contribution is 5.92. The SMILES string of the molecule is CCCCCCCCCCCCCCCCCCCCCCCCCCCCCCCCCCCCCCCCCCCCCCCCCCCCCCCCC(C(=O)O)C(=O)O. The second-order valence-corrected chi connectivity index (χ2v) is 20.8. The fraction of sp³-hybridized carbons (Fsp3) is 0.966. The van der Waals surface area contributed by atoms with Gasteiger partial charge in [0.05, 0.1) is 0 Å². The zero-order chi connectivity index (χ0) is 45.6. The quantitative estimate of drug-likeness (QED) is 0.0471. The van der Waals surface area contributed by atoms with E-state index in [4.69, 9.17) is 10.2 Å². The Morgan fingerprint density at radius 3 is 0.444 bits per heavy atom. The Kier molecular flexibility index (Phi) is 54.3. The molecule has 0 aliphatic rings. The van der Waals surface area contributed by atoms with Crippen LogP contribution in [0.3, 0.4) is 0 Å². The predicted molar refractivity (Wildman–Crippen MR) is 278 cm³/mol. The molecule has 63 heavy (non-hydrogen) atoms. The summed E-state index contributed by atoms with van der Waals surface area (Å²) in [6.07, 6.45) is 76.8. The third kappa shape index (κ3) is 53.4. The van der Waals surface area contributed by atoms with E-state index in [1.807, 2.05) is 0 Å². The highest BCUT2D eigenvalue weighted by Crippen LogP contribution is 2.20. The van der Waals surface area contributed by atoms with E-state index in [0.29, 0.717) is 6.42 Å². The normalized spacial score (nSPS) is 11.7. The molecule has 0 aromatic heterocycles. The molecule has 0 aliphatic carbocycles. The number of hydrogen-bond acceptors (Lipinski definition) is 2. The van der Waals surface area contributed by atoms with Crippen LogP contribution in [0.4, 0.5) is 0 Å². The van der Waals surface area contributed by atoms with Gasteiger partial charge in [-0.3, -0.25) is 9.59 Å². The largest absolute Gasteiger partial charge is 0.481 e. The molecular formula is C59H116O4. The van der Waals surface area contributed by atoms with Crippen molar-refractivity contribution < 1.29 is 19.8 Å². The van der Waals surface area contributed by atoms with Crippen molar-refractivity contribution in [2.45, 2.75) is 360 Å². The molecule has 0 atom stereocenters. The van der Waals surface area contributed by atoms with Crippen molar-refractivity contribution in [3.05, 3.63) is 0 Å². The van der Waals surface area contributed by atoms with Gasteiger partial charge >= 0.3 is 11.9 Å². The van der Waals surface area contributed by atoms with Gasteiger partial charge in [0.1, 0.15) is 0 Å². The lowest BCUT2D eigenvalue weighted by atomic mass is 10.00. The number of hydrogen-bond donors (Lipinski definition) is 2. The van der Waals surface area contributed by atoms with E-state index in [2.05, 4.69) is 6.92 Å². The van der Waals surface area contributed by atoms with E-state index in [-0.39, 0.29) is 6.42 Å². The van der Waals surface area contributed by atoms with Gasteiger partial charge in [-0.05, 0) is 6.42 Å². The van der Waals surface area contributed by atoms with Crippen LogP contribution in [0.5, 0.6) is 0 Å². The van der Waals surface area contributed by atoms with Crippen LogP contribution in [-0.2, 0) is 9.59 Å². The molecule has 4 heteroatoms. The Bertz CT molecular complexity index is 858. The summed E-state index contributed by atoms with van der Waals surface area (Å²) < 4.78 is 0. The van der Waals surface area contributed by atoms with E-state index < -0.39 is 17.9 Å². The Labute approximate surface area is 396 Å². The van der Waals surface area contributed by atoms with Gasteiger partial charge in [0, 0.05) is 0 Å². The summed E-state index contributed by atoms with van der Waals surface area (Å²) in [6, 6.07) is 0. The molecule has 2 N–H and O–H groups in total. The van der Waals surface area contributed by atoms with Gasteiger partial charge in [-0.15, -0.1) is 0 Å². The van der Waals surface area contributed by atoms with Crippen LogP contribution in [0.1, 0.15) is 360 Å². The molecular weight excluding hydrogens is 773 g/mol. The summed E-state index contributed by atoms with van der Waals surface area (Å²) in [5, 5.41) is 17.8. The Morgan fingerprint density at radius 2 is 0.333 bits per heavy atom. The third-order valence-corrected chi connectivity index (χ3v) is 14.4. The average molecular weight is 890 g/mol. The molecule has 0 aliphatic heterocycles. The average Bonchev–Trinajstić information content (AvgIpc) is 3.27. The zero-order valence-corrected chi connectivity index (χ0v) is 43.2. The van der Waals surface area contributed by atoms with Gasteiger partial charge in [-0.1, -0.05) is 354 Å². The van der Waals surface area contributed by atoms with Crippen molar-refractivity contribution in [1.82, 2.24) is 0 Å². The maximum atomic E-state index is 10.9. The van der Waals surface area contributed by atoms with Gasteiger partial charge in [0.15, 0.2) is 5.92 Å². The summed E-state index contributed by atoms with van der Waals surface area (Å²) in [5.74, 6) is -3.65. The summed E-state index contributed by atoms with van der Waals surface area (Å²) in [5.41, 5.74) is 0. The van der Waals surface area contributed by atoms with Gasteiger partial charge < -0.3 is 10.2 Å². The van der Waals surface area contributed by atoms with E-state index >= 15 is 0 Å². The summed E-state index contributed by atoms with van der Waals surface area (Å²) in [4.78, 5) is 21.8. The topological polar surface area (TPSA) is 74.6 Å². The molecule has 0 radical (unpaired) electrons. The zero-order valence-electron chi connectivity index (χ0n) is 43.2. The second kappa shape index (κ2) is 55.3. The standard InChI is InChI=1S/C59H116O4/c1-2-3-4-5-6-7-8-9-10-11-12-13-14-15-16-17-18-19-20-21-22-23-24-25-26-27-28-29-30-31-32-33-34-35-36-37-38-39-40-41-42-43-44-45-46-47-48-49-50-51-52-53-54-55-56-57(58(60)61)59(62)63/h57H,2-56H2,1H3,(H,60,61)(H,62,63). The lowest BCUT2D eigenvalue weighted by molar-refractivity contribution is -0.154. The van der Waals surface area contributed by atoms with Crippen LogP contribution in [0, 0.1) is 5.92 Å². The fourth-order valence-electron chi connectivity index (χ4n) is 9.97. The number of rotatable bonds is 57. The molecule has 0 unspecified atom stereocenters. The third-order valence-electron chi connectivity index (χ3n) is 14.4. The van der Waals surface area contributed by atoms with E-state index in [1.54, 1.807) is 0 Å². The lowest BCUT2D eigenvalue weighted by Crippen LogP contribution is -2.23. The molecule has 0 saturated heterocycles. The molecule has 0 aromatic rings. The summed E-state index contributed by atoms with van der Waals surface area (Å²) >= 11 is 0. The minimum absolute atomic E-state index is 0.254. The molecule has 0 spiro atoms. The number of carboxylic acids is 2. The highest BCUT2D eigenvalue weighted by atomic mass is 16.4. The maximum absolute atomic E-state index is 10.9. The van der Waals surface area contributed by atoms with Crippen molar-refractivity contribution in [1.29, 1.82) is 0 Å². The minimum atomic E-state index is -1.23. The Morgan fingerprint density at radius 1 is 0.222 bits per heavy atom. The predicted octanol–water partition coefficient (Wildman–Crippen LogP) is 21.2. The molecule has 0 saturated carbocycles. The van der Waals surface area contributed by atoms with E-state index in [1.165, 1.54) is 327 Å². The van der Waals surface area contributed by atoms with Crippen LogP contribution < -0.4 is 0 Å². The first-order valence-electron chi connectivity index (χ1n) is 29.5. The number of carbonyl (C=O) groups is 2. The van der Waals surface area contributed by atoms with Crippen molar-refractivity contribution in [3.63, 3.8) is 0 Å². The molecule has 0 amide bonds. The first kappa shape index (κ1) is 61.9. The number of unbranched alkanes of at least 4 members (excludes halogenated alkanes) is 53. The van der Waals surface area contributed by atoms with Gasteiger partial charge in [0.2, 0.25) is 0 Å². The molecule has 0 bridgehead atoms. The monoisotopic (exact) mass is 889 g/mol. The number of carboxylic acid groups (broad SMARTS) is 2. The first-order valence-corrected chi connectivity index (χ1v) is 29.5. The molecule has 0 aromatic carbocycles. The van der Waals surface area contributed by atoms with Crippen LogP contribution in [0.2, 0.25) is 0 Å². The lowest BCUT2D eigenvalue weighted by Gasteiger charge is -2.07. The van der Waals surface area contributed by atoms with Crippen LogP contribution in [0.15, 0.2) is 0 Å². The second-order valence-electron chi connectivity index (χ2n) is 20.8. The minimum Gasteiger partial charge on any atom is -0.481 e. The van der Waals surface area contributed by atoms with Crippen molar-refractivity contribution in [2.75, 3.05) is 0 Å². The molecule has 0 fully saturated rings. The summed E-state index contributed by atoms with van der Waals surface area (Å²) in [6.45, 7) is 2.31. The molecule has 4 nitrogen and oxygen atoms in total. The van der Waals surface area contributed by atoms with E-state index in [0.717, 1.165) is 12.8 Å². The first-order chi connectivity index (χ1) is 31.1. The summed E-state index contributed by atoms with van der Waals surface area (Å²) in [7, 11) is 0. The maximum Gasteiger partial charge on any atom is 0.317 e. The van der Waals surface area contributed by atoms with Crippen LogP contribution >= 0.6 is 0 Å². The molecule has 0 heterocycles. The van der Waals surface area contributed by atoms with Crippen molar-refractivity contribution in [2.24, 2.45) is 5.92 Å². The van der Waals surface area contributed by atoms with Gasteiger partial charge in [-0.25, -0.2) is 0 Å². The van der Waals surface area contributed by atoms with Crippen LogP contribution in [-0.4, -0.2) is 22.2 Å². The van der Waals surface area contributed by atoms with Gasteiger partial charge in [0.25, 0.3) is 0 Å². The fourth-order valence-corrected chi connectivity index (χ4v) is 9.97. The smallest absolute Gasteiger partial charge is 0.317 e. The molecule has 0 rings (SSSR count). The van der Waals surface area contributed by atoms with Crippen molar-refractivity contribution >= 4 is 11.9 Å².